The Morgan fingerprint density at radius 2 is 1.88 bits per heavy atom. The Hall–Kier alpha value is -2.87. The van der Waals surface area contributed by atoms with Crippen molar-refractivity contribution < 1.29 is 42.5 Å². The first-order valence-electron chi connectivity index (χ1n) is 12.9. The summed E-state index contributed by atoms with van der Waals surface area (Å²) in [6.45, 7) is 2.37. The number of H-pyrrole nitrogens is 1. The number of fused-ring (bicyclic) bond motifs is 1. The fourth-order valence-electron chi connectivity index (χ4n) is 5.26. The molecule has 0 spiro atoms. The number of aliphatic hydroxyl groups is 2. The van der Waals surface area contributed by atoms with Crippen LogP contribution in [0.1, 0.15) is 52.2 Å². The third-order valence-electron chi connectivity index (χ3n) is 7.55. The molecule has 1 saturated heterocycles. The van der Waals surface area contributed by atoms with Crippen LogP contribution in [0.3, 0.4) is 0 Å². The van der Waals surface area contributed by atoms with E-state index in [4.69, 9.17) is 18.5 Å². The molecule has 2 aromatic rings. The van der Waals surface area contributed by atoms with Gasteiger partial charge in [-0.05, 0) is 51.7 Å². The van der Waals surface area contributed by atoms with Crippen LogP contribution in [0.4, 0.5) is 4.39 Å². The number of nitrogens with one attached hydrogen (secondary N) is 2. The number of nitrogens with zero attached hydrogens (tertiary/aromatic N) is 1. The maximum atomic E-state index is 16.0. The van der Waals surface area contributed by atoms with Gasteiger partial charge in [0.05, 0.1) is 0 Å². The second-order valence-electron chi connectivity index (χ2n) is 10.5. The number of aromatic nitrogens is 2. The number of esters is 1. The zero-order valence-corrected chi connectivity index (χ0v) is 22.7. The van der Waals surface area contributed by atoms with Crippen molar-refractivity contribution >= 4 is 13.7 Å². The largest absolute Gasteiger partial charge is 0.461 e. The van der Waals surface area contributed by atoms with Crippen LogP contribution in [-0.4, -0.2) is 61.0 Å². The summed E-state index contributed by atoms with van der Waals surface area (Å²) in [5.74, 6) is -3.82. The van der Waals surface area contributed by atoms with Crippen molar-refractivity contribution in [3.63, 3.8) is 0 Å². The summed E-state index contributed by atoms with van der Waals surface area (Å²) < 4.78 is 52.4. The Kier molecular flexibility index (Phi) is 7.30. The number of rotatable bonds is 9. The van der Waals surface area contributed by atoms with E-state index in [0.29, 0.717) is 17.4 Å². The fourth-order valence-corrected chi connectivity index (χ4v) is 6.96. The van der Waals surface area contributed by atoms with E-state index in [1.165, 1.54) is 19.1 Å². The lowest BCUT2D eigenvalue weighted by Crippen LogP contribution is -2.51. The van der Waals surface area contributed by atoms with Crippen LogP contribution < -0.4 is 20.9 Å². The van der Waals surface area contributed by atoms with Crippen LogP contribution in [0.2, 0.25) is 0 Å². The lowest BCUT2D eigenvalue weighted by molar-refractivity contribution is -0.180. The van der Waals surface area contributed by atoms with Gasteiger partial charge in [-0.2, -0.15) is 5.09 Å². The van der Waals surface area contributed by atoms with Gasteiger partial charge in [0.1, 0.15) is 23.5 Å². The van der Waals surface area contributed by atoms with Crippen molar-refractivity contribution in [2.75, 3.05) is 0 Å². The number of aromatic amines is 1. The SMILES string of the molecule is C[C@H](NP(=O)(Oc1ccccc1)OC1[C@]2(O)[C@@](C)(O)[C@H](n3ccc(=O)[nH]c3=O)O[C@]12F)C(=O)OC1CCCCC1. The molecule has 2 aliphatic carbocycles. The second kappa shape index (κ2) is 10.2. The smallest absolute Gasteiger partial charge is 0.460 e. The van der Waals surface area contributed by atoms with E-state index in [2.05, 4.69) is 5.09 Å². The van der Waals surface area contributed by atoms with Crippen molar-refractivity contribution in [1.29, 1.82) is 0 Å². The van der Waals surface area contributed by atoms with Gasteiger partial charge in [-0.25, -0.2) is 13.8 Å². The number of hydrogen-bond donors (Lipinski definition) is 4. The molecule has 2 heterocycles. The maximum Gasteiger partial charge on any atom is 0.460 e. The summed E-state index contributed by atoms with van der Waals surface area (Å²) >= 11 is 0. The Morgan fingerprint density at radius 3 is 2.48 bits per heavy atom. The number of carbonyl (C=O) groups excluding carboxylic acids is 1. The lowest BCUT2D eigenvalue weighted by atomic mass is 9.95. The highest BCUT2D eigenvalue weighted by Gasteiger charge is 2.95. The third-order valence-corrected chi connectivity index (χ3v) is 9.19. The molecule has 1 aliphatic heterocycles. The van der Waals surface area contributed by atoms with Crippen LogP contribution in [0, 0.1) is 0 Å². The summed E-state index contributed by atoms with van der Waals surface area (Å²) in [5, 5.41) is 24.8. The predicted molar refractivity (Wildman–Crippen MR) is 136 cm³/mol. The van der Waals surface area contributed by atoms with Crippen LogP contribution in [0.15, 0.2) is 52.2 Å². The molecule has 0 amide bonds. The molecule has 218 valence electrons. The number of alkyl halides is 1. The molecule has 13 nitrogen and oxygen atoms in total. The number of ether oxygens (including phenoxy) is 2. The molecule has 3 aliphatic rings. The highest BCUT2D eigenvalue weighted by Crippen LogP contribution is 2.71. The fraction of sp³-hybridized carbons (Fsp3) is 0.560. The van der Waals surface area contributed by atoms with Crippen LogP contribution in [0.5, 0.6) is 5.75 Å². The van der Waals surface area contributed by atoms with E-state index in [9.17, 15) is 29.2 Å². The normalized spacial score (nSPS) is 33.9. The summed E-state index contributed by atoms with van der Waals surface area (Å²) in [6, 6.07) is 7.45. The third kappa shape index (κ3) is 4.82. The molecule has 1 aromatic heterocycles. The molecule has 3 fully saturated rings. The van der Waals surface area contributed by atoms with Crippen molar-refractivity contribution in [2.24, 2.45) is 0 Å². The monoisotopic (exact) mass is 583 g/mol. The molecule has 2 saturated carbocycles. The Morgan fingerprint density at radius 1 is 1.20 bits per heavy atom. The number of hydrogen-bond acceptors (Lipinski definition) is 10. The molecule has 0 radical (unpaired) electrons. The molecular formula is C25H31FN3O10P. The first-order valence-corrected chi connectivity index (χ1v) is 14.5. The highest BCUT2D eigenvalue weighted by atomic mass is 31.2. The van der Waals surface area contributed by atoms with Gasteiger partial charge >= 0.3 is 19.4 Å². The molecule has 2 unspecified atom stereocenters. The predicted octanol–water partition coefficient (Wildman–Crippen LogP) is 1.65. The second-order valence-corrected chi connectivity index (χ2v) is 12.1. The molecule has 7 atom stereocenters. The number of para-hydroxylation sites is 1. The summed E-state index contributed by atoms with van der Waals surface area (Å²) in [4.78, 5) is 38.4. The maximum absolute atomic E-state index is 16.0. The van der Waals surface area contributed by atoms with Crippen LogP contribution in [-0.2, 0) is 23.4 Å². The van der Waals surface area contributed by atoms with Gasteiger partial charge in [0, 0.05) is 12.3 Å². The van der Waals surface area contributed by atoms with Crippen molar-refractivity contribution in [3.8, 4) is 5.75 Å². The lowest BCUT2D eigenvalue weighted by Gasteiger charge is -2.33. The molecule has 4 N–H and O–H groups in total. The van der Waals surface area contributed by atoms with Crippen molar-refractivity contribution in [1.82, 2.24) is 14.6 Å². The summed E-state index contributed by atoms with van der Waals surface area (Å²) in [6.07, 6.45) is 1.15. The summed E-state index contributed by atoms with van der Waals surface area (Å²) in [7, 11) is -4.66. The van der Waals surface area contributed by atoms with Gasteiger partial charge in [-0.1, -0.05) is 24.6 Å². The Balaban J connectivity index is 1.38. The molecule has 40 heavy (non-hydrogen) atoms. The van der Waals surface area contributed by atoms with Crippen LogP contribution in [0.25, 0.3) is 0 Å². The van der Waals surface area contributed by atoms with Crippen LogP contribution >= 0.6 is 7.75 Å². The van der Waals surface area contributed by atoms with Crippen molar-refractivity contribution in [2.45, 2.75) is 87.5 Å². The average Bonchev–Trinajstić information content (AvgIpc) is 3.30. The minimum Gasteiger partial charge on any atom is -0.461 e. The van der Waals surface area contributed by atoms with Gasteiger partial charge in [0.25, 0.3) is 11.4 Å². The standard InChI is InChI=1S/C25H31FN3O10P/c1-15(19(31)36-16-9-5-3-6-10-16)28-40(35,38-17-11-7-4-8-12-17)39-20-24(34)23(2,33)21(37-25(20,24)26)29-14-13-18(30)27-22(29)32/h4,7-8,11-16,20-21,33-34H,3,5-6,9-10H2,1-2H3,(H,28,35)(H,27,30,32)/t15-,20?,21+,23-,24-,25+,40?/m0/s1. The van der Waals surface area contributed by atoms with Gasteiger partial charge in [0.15, 0.2) is 17.9 Å². The average molecular weight is 584 g/mol. The van der Waals surface area contributed by atoms with E-state index in [-0.39, 0.29) is 11.9 Å². The van der Waals surface area contributed by atoms with E-state index >= 15 is 4.39 Å². The molecule has 0 bridgehead atoms. The topological polar surface area (TPSA) is 178 Å². The van der Waals surface area contributed by atoms with Gasteiger partial charge in [0.2, 0.25) is 0 Å². The van der Waals surface area contributed by atoms with E-state index < -0.39 is 60.4 Å². The minimum absolute atomic E-state index is 0.0437. The molecule has 1 aromatic carbocycles. The Bertz CT molecular complexity index is 1430. The molecule has 15 heteroatoms. The van der Waals surface area contributed by atoms with E-state index in [1.54, 1.807) is 18.2 Å². The summed E-state index contributed by atoms with van der Waals surface area (Å²) in [5.41, 5.74) is -7.09. The number of carbonyl (C=O) groups is 1. The first kappa shape index (κ1) is 28.7. The quantitative estimate of drug-likeness (QED) is 0.249. The van der Waals surface area contributed by atoms with Crippen molar-refractivity contribution in [3.05, 3.63) is 63.4 Å². The highest BCUT2D eigenvalue weighted by molar-refractivity contribution is 7.52. The van der Waals surface area contributed by atoms with E-state index in [1.807, 2.05) is 4.98 Å². The van der Waals surface area contributed by atoms with Gasteiger partial charge in [-0.3, -0.25) is 23.7 Å². The minimum atomic E-state index is -4.66. The van der Waals surface area contributed by atoms with E-state index in [0.717, 1.165) is 38.4 Å². The Labute approximate surface area is 227 Å². The zero-order chi connectivity index (χ0) is 28.9. The number of benzene rings is 1. The van der Waals surface area contributed by atoms with Gasteiger partial charge < -0.3 is 24.2 Å². The zero-order valence-electron chi connectivity index (χ0n) is 21.8. The molecular weight excluding hydrogens is 552 g/mol. The number of halogens is 1. The first-order chi connectivity index (χ1) is 18.8. The van der Waals surface area contributed by atoms with Gasteiger partial charge in [-0.15, -0.1) is 0 Å². The molecule has 5 rings (SSSR count).